The predicted molar refractivity (Wildman–Crippen MR) is 26.0 cm³/mol. The van der Waals surface area contributed by atoms with E-state index in [1.54, 1.807) is 6.92 Å². The van der Waals surface area contributed by atoms with E-state index in [-0.39, 0.29) is 6.10 Å². The van der Waals surface area contributed by atoms with Gasteiger partial charge in [-0.3, -0.25) is 0 Å². The number of aliphatic hydroxyl groups is 1. The molecule has 2 nitrogen and oxygen atoms in total. The number of rotatable bonds is 2. The summed E-state index contributed by atoms with van der Waals surface area (Å²) in [6.07, 6.45) is 0.993. The van der Waals surface area contributed by atoms with Crippen LogP contribution in [0, 0.1) is 0 Å². The second-order valence-corrected chi connectivity index (χ2v) is 2.04. The van der Waals surface area contributed by atoms with Crippen LogP contribution in [0.25, 0.3) is 0 Å². The Balaban J connectivity index is 1.97. The lowest BCUT2D eigenvalue weighted by Crippen LogP contribution is -2.02. The fourth-order valence-electron chi connectivity index (χ4n) is 0.585. The van der Waals surface area contributed by atoms with Crippen LogP contribution >= 0.6 is 0 Å². The second kappa shape index (κ2) is 1.80. The molecule has 0 radical (unpaired) electrons. The molecule has 1 rings (SSSR count). The first-order valence-electron chi connectivity index (χ1n) is 2.58. The van der Waals surface area contributed by atoms with Gasteiger partial charge in [-0.25, -0.2) is 0 Å². The topological polar surface area (TPSA) is 32.8 Å². The highest BCUT2D eigenvalue weighted by molar-refractivity contribution is 4.70. The molecule has 0 bridgehead atoms. The maximum absolute atomic E-state index is 8.68. The average Bonchev–Trinajstić information content (AvgIpc) is 2.17. The lowest BCUT2D eigenvalue weighted by molar-refractivity contribution is 0.170. The molecule has 0 saturated carbocycles. The fourth-order valence-corrected chi connectivity index (χ4v) is 0.585. The molecule has 2 atom stereocenters. The van der Waals surface area contributed by atoms with E-state index >= 15 is 0 Å². The van der Waals surface area contributed by atoms with Gasteiger partial charge in [0.25, 0.3) is 0 Å². The van der Waals surface area contributed by atoms with Gasteiger partial charge in [-0.15, -0.1) is 0 Å². The van der Waals surface area contributed by atoms with Crippen molar-refractivity contribution in [2.75, 3.05) is 6.61 Å². The summed E-state index contributed by atoms with van der Waals surface area (Å²) in [4.78, 5) is 0. The molecule has 7 heavy (non-hydrogen) atoms. The van der Waals surface area contributed by atoms with E-state index in [0.29, 0.717) is 6.10 Å². The van der Waals surface area contributed by atoms with Gasteiger partial charge in [0.1, 0.15) is 0 Å². The zero-order valence-corrected chi connectivity index (χ0v) is 4.42. The third-order valence-corrected chi connectivity index (χ3v) is 1.01. The van der Waals surface area contributed by atoms with E-state index in [1.165, 1.54) is 0 Å². The van der Waals surface area contributed by atoms with Crippen molar-refractivity contribution in [1.82, 2.24) is 0 Å². The van der Waals surface area contributed by atoms with Crippen LogP contribution in [-0.2, 0) is 4.74 Å². The quantitative estimate of drug-likeness (QED) is 0.503. The summed E-state index contributed by atoms with van der Waals surface area (Å²) in [5, 5.41) is 8.68. The molecule has 0 aliphatic carbocycles. The van der Waals surface area contributed by atoms with Crippen molar-refractivity contribution in [3.8, 4) is 0 Å². The minimum atomic E-state index is -0.188. The molecule has 0 aromatic rings. The highest BCUT2D eigenvalue weighted by Crippen LogP contribution is 2.14. The van der Waals surface area contributed by atoms with Gasteiger partial charge in [0.15, 0.2) is 0 Å². The van der Waals surface area contributed by atoms with Crippen molar-refractivity contribution in [3.05, 3.63) is 0 Å². The van der Waals surface area contributed by atoms with Crippen molar-refractivity contribution >= 4 is 0 Å². The van der Waals surface area contributed by atoms with Crippen molar-refractivity contribution in [1.29, 1.82) is 0 Å². The molecule has 0 amide bonds. The van der Waals surface area contributed by atoms with E-state index < -0.39 is 0 Å². The number of epoxide rings is 1. The van der Waals surface area contributed by atoms with Gasteiger partial charge < -0.3 is 9.84 Å². The predicted octanol–water partition coefficient (Wildman–Crippen LogP) is 0.156. The standard InChI is InChI=1S/C5H10O2/c1-4(6)2-5-3-7-5/h4-6H,2-3H2,1H3/t4-,5-/m1/s1. The summed E-state index contributed by atoms with van der Waals surface area (Å²) >= 11 is 0. The van der Waals surface area contributed by atoms with Gasteiger partial charge in [-0.1, -0.05) is 0 Å². The SMILES string of the molecule is C[C@@H](O)C[C@@H]1CO1. The summed E-state index contributed by atoms with van der Waals surface area (Å²) < 4.78 is 4.86. The Morgan fingerprint density at radius 1 is 2.00 bits per heavy atom. The minimum absolute atomic E-state index is 0.188. The zero-order valence-electron chi connectivity index (χ0n) is 4.42. The molecule has 0 aromatic carbocycles. The molecule has 1 N–H and O–H groups in total. The van der Waals surface area contributed by atoms with Crippen LogP contribution in [0.15, 0.2) is 0 Å². The molecule has 0 spiro atoms. The molecule has 1 heterocycles. The lowest BCUT2D eigenvalue weighted by Gasteiger charge is -1.95. The normalized spacial score (nSPS) is 32.6. The first-order valence-corrected chi connectivity index (χ1v) is 2.58. The van der Waals surface area contributed by atoms with E-state index in [2.05, 4.69) is 0 Å². The molecule has 1 saturated heterocycles. The first-order chi connectivity index (χ1) is 3.29. The van der Waals surface area contributed by atoms with Crippen LogP contribution in [0.2, 0.25) is 0 Å². The molecule has 1 fully saturated rings. The van der Waals surface area contributed by atoms with E-state index in [9.17, 15) is 0 Å². The van der Waals surface area contributed by atoms with Crippen molar-refractivity contribution in [2.45, 2.75) is 25.6 Å². The maximum Gasteiger partial charge on any atom is 0.0834 e. The molecule has 0 aromatic heterocycles. The van der Waals surface area contributed by atoms with Gasteiger partial charge in [0, 0.05) is 6.42 Å². The molecule has 2 heteroatoms. The highest BCUT2D eigenvalue weighted by atomic mass is 16.6. The number of hydrogen-bond acceptors (Lipinski definition) is 2. The van der Waals surface area contributed by atoms with Crippen LogP contribution in [0.3, 0.4) is 0 Å². The van der Waals surface area contributed by atoms with Crippen molar-refractivity contribution in [2.24, 2.45) is 0 Å². The monoisotopic (exact) mass is 102 g/mol. The summed E-state index contributed by atoms with van der Waals surface area (Å²) in [7, 11) is 0. The summed E-state index contributed by atoms with van der Waals surface area (Å²) in [6.45, 7) is 2.63. The van der Waals surface area contributed by atoms with Gasteiger partial charge in [0.05, 0.1) is 18.8 Å². The van der Waals surface area contributed by atoms with E-state index in [1.807, 2.05) is 0 Å². The van der Waals surface area contributed by atoms with Crippen molar-refractivity contribution in [3.63, 3.8) is 0 Å². The van der Waals surface area contributed by atoms with E-state index in [4.69, 9.17) is 9.84 Å². The summed E-state index contributed by atoms with van der Waals surface area (Å²) in [5.41, 5.74) is 0. The van der Waals surface area contributed by atoms with Crippen LogP contribution in [-0.4, -0.2) is 23.9 Å². The Hall–Kier alpha value is -0.0800. The van der Waals surface area contributed by atoms with Crippen LogP contribution < -0.4 is 0 Å². The third kappa shape index (κ3) is 1.90. The third-order valence-electron chi connectivity index (χ3n) is 1.01. The Morgan fingerprint density at radius 3 is 2.71 bits per heavy atom. The Kier molecular flexibility index (Phi) is 1.30. The van der Waals surface area contributed by atoms with Crippen LogP contribution in [0.5, 0.6) is 0 Å². The maximum atomic E-state index is 8.68. The first kappa shape index (κ1) is 5.06. The fraction of sp³-hybridized carbons (Fsp3) is 1.00. The lowest BCUT2D eigenvalue weighted by atomic mass is 10.2. The largest absolute Gasteiger partial charge is 0.393 e. The Morgan fingerprint density at radius 2 is 2.57 bits per heavy atom. The molecular formula is C5H10O2. The zero-order chi connectivity index (χ0) is 5.28. The van der Waals surface area contributed by atoms with Crippen LogP contribution in [0.4, 0.5) is 0 Å². The number of aliphatic hydroxyl groups excluding tert-OH is 1. The number of ether oxygens (including phenoxy) is 1. The Labute approximate surface area is 43.1 Å². The second-order valence-electron chi connectivity index (χ2n) is 2.04. The van der Waals surface area contributed by atoms with Gasteiger partial charge in [0.2, 0.25) is 0 Å². The smallest absolute Gasteiger partial charge is 0.0834 e. The van der Waals surface area contributed by atoms with Gasteiger partial charge in [-0.05, 0) is 6.92 Å². The van der Waals surface area contributed by atoms with Gasteiger partial charge in [-0.2, -0.15) is 0 Å². The summed E-state index contributed by atoms with van der Waals surface area (Å²) in [5.74, 6) is 0. The van der Waals surface area contributed by atoms with Crippen LogP contribution in [0.1, 0.15) is 13.3 Å². The van der Waals surface area contributed by atoms with E-state index in [0.717, 1.165) is 13.0 Å². The molecule has 42 valence electrons. The Bertz CT molecular complexity index is 57.1. The number of hydrogen-bond donors (Lipinski definition) is 1. The minimum Gasteiger partial charge on any atom is -0.393 e. The summed E-state index contributed by atoms with van der Waals surface area (Å²) in [6, 6.07) is 0. The average molecular weight is 102 g/mol. The molecule has 1 aliphatic rings. The van der Waals surface area contributed by atoms with Crippen molar-refractivity contribution < 1.29 is 9.84 Å². The molecule has 0 unspecified atom stereocenters. The highest BCUT2D eigenvalue weighted by Gasteiger charge is 2.23. The molecular weight excluding hydrogens is 92.1 g/mol. The molecule has 1 aliphatic heterocycles. The van der Waals surface area contributed by atoms with Gasteiger partial charge >= 0.3 is 0 Å².